The number of carbonyl (C=O) groups is 1. The minimum Gasteiger partial charge on any atom is -0.480 e. The lowest BCUT2D eigenvalue weighted by Crippen LogP contribution is -2.42. The summed E-state index contributed by atoms with van der Waals surface area (Å²) in [6, 6.07) is 4.41. The molecule has 3 rings (SSSR count). The number of rotatable bonds is 5. The molecule has 1 amide bonds. The maximum Gasteiger partial charge on any atom is 0.259 e. The number of amides is 1. The first-order valence-corrected chi connectivity index (χ1v) is 7.33. The van der Waals surface area contributed by atoms with E-state index in [2.05, 4.69) is 10.3 Å². The third kappa shape index (κ3) is 2.77. The number of hydrogen-bond donors (Lipinski definition) is 1. The molecule has 0 spiro atoms. The summed E-state index contributed by atoms with van der Waals surface area (Å²) >= 11 is 0. The molecule has 1 saturated carbocycles. The second-order valence-electron chi connectivity index (χ2n) is 5.54. The van der Waals surface area contributed by atoms with E-state index in [1.165, 1.54) is 6.42 Å². The molecule has 5 heteroatoms. The first-order chi connectivity index (χ1) is 9.79. The Bertz CT molecular complexity index is 482. The smallest absolute Gasteiger partial charge is 0.259 e. The summed E-state index contributed by atoms with van der Waals surface area (Å²) in [5.41, 5.74) is 0.569. The van der Waals surface area contributed by atoms with E-state index in [1.807, 2.05) is 4.90 Å². The summed E-state index contributed by atoms with van der Waals surface area (Å²) in [5, 5.41) is 3.46. The summed E-state index contributed by atoms with van der Waals surface area (Å²) in [5.74, 6) is 0.466. The zero-order chi connectivity index (χ0) is 13.9. The summed E-state index contributed by atoms with van der Waals surface area (Å²) in [4.78, 5) is 18.9. The molecule has 1 aromatic heterocycles. The van der Waals surface area contributed by atoms with Crippen LogP contribution in [0.5, 0.6) is 5.88 Å². The largest absolute Gasteiger partial charge is 0.480 e. The molecule has 1 aromatic rings. The number of pyridine rings is 1. The first kappa shape index (κ1) is 13.4. The summed E-state index contributed by atoms with van der Waals surface area (Å²) in [7, 11) is 1.55. The molecule has 0 aromatic carbocycles. The topological polar surface area (TPSA) is 54.5 Å². The van der Waals surface area contributed by atoms with E-state index in [0.29, 0.717) is 23.5 Å². The van der Waals surface area contributed by atoms with Crippen LogP contribution in [0.3, 0.4) is 0 Å². The minimum absolute atomic E-state index is 0.0474. The number of methoxy groups -OCH3 is 1. The Morgan fingerprint density at radius 3 is 3.00 bits per heavy atom. The molecule has 20 heavy (non-hydrogen) atoms. The molecule has 0 radical (unpaired) electrons. The third-order valence-electron chi connectivity index (χ3n) is 4.02. The molecule has 1 unspecified atom stereocenters. The number of ether oxygens (including phenoxy) is 1. The van der Waals surface area contributed by atoms with Gasteiger partial charge in [-0.05, 0) is 44.4 Å². The van der Waals surface area contributed by atoms with Gasteiger partial charge in [-0.2, -0.15) is 0 Å². The molecule has 2 heterocycles. The van der Waals surface area contributed by atoms with E-state index < -0.39 is 0 Å². The van der Waals surface area contributed by atoms with Crippen molar-refractivity contribution >= 4 is 5.91 Å². The summed E-state index contributed by atoms with van der Waals surface area (Å²) < 4.78 is 5.21. The van der Waals surface area contributed by atoms with Gasteiger partial charge in [0.15, 0.2) is 0 Å². The first-order valence-electron chi connectivity index (χ1n) is 7.33. The molecular formula is C15H21N3O2. The number of hydrogen-bond acceptors (Lipinski definition) is 4. The highest BCUT2D eigenvalue weighted by atomic mass is 16.5. The van der Waals surface area contributed by atoms with Gasteiger partial charge < -0.3 is 15.0 Å². The standard InChI is InChI=1S/C15H21N3O2/c1-20-14-13(5-3-9-17-14)15(19)18(12-6-7-12)10-11-4-2-8-16-11/h3,5,9,11-12,16H,2,4,6-8,10H2,1H3. The second kappa shape index (κ2) is 5.79. The Labute approximate surface area is 119 Å². The lowest BCUT2D eigenvalue weighted by molar-refractivity contribution is 0.0724. The van der Waals surface area contributed by atoms with Crippen molar-refractivity contribution in [3.05, 3.63) is 23.9 Å². The van der Waals surface area contributed by atoms with Crippen LogP contribution in [0.1, 0.15) is 36.0 Å². The third-order valence-corrected chi connectivity index (χ3v) is 4.02. The molecule has 1 aliphatic carbocycles. The average molecular weight is 275 g/mol. The van der Waals surface area contributed by atoms with E-state index in [0.717, 1.165) is 32.4 Å². The maximum absolute atomic E-state index is 12.8. The number of aromatic nitrogens is 1. The SMILES string of the molecule is COc1ncccc1C(=O)N(CC1CCCN1)C1CC1. The van der Waals surface area contributed by atoms with Gasteiger partial charge in [0.1, 0.15) is 5.56 Å². The lowest BCUT2D eigenvalue weighted by Gasteiger charge is -2.26. The fourth-order valence-corrected chi connectivity index (χ4v) is 2.80. The van der Waals surface area contributed by atoms with Crippen molar-refractivity contribution in [2.24, 2.45) is 0 Å². The summed E-state index contributed by atoms with van der Waals surface area (Å²) in [6.45, 7) is 1.86. The maximum atomic E-state index is 12.8. The van der Waals surface area contributed by atoms with Crippen LogP contribution in [0.25, 0.3) is 0 Å². The van der Waals surface area contributed by atoms with E-state index >= 15 is 0 Å². The van der Waals surface area contributed by atoms with Crippen LogP contribution in [-0.4, -0.2) is 48.1 Å². The van der Waals surface area contributed by atoms with Crippen molar-refractivity contribution in [1.82, 2.24) is 15.2 Å². The van der Waals surface area contributed by atoms with Gasteiger partial charge in [-0.15, -0.1) is 0 Å². The zero-order valence-corrected chi connectivity index (χ0v) is 11.8. The predicted molar refractivity (Wildman–Crippen MR) is 75.9 cm³/mol. The predicted octanol–water partition coefficient (Wildman–Crippen LogP) is 1.45. The van der Waals surface area contributed by atoms with Crippen molar-refractivity contribution in [2.45, 2.75) is 37.8 Å². The second-order valence-corrected chi connectivity index (χ2v) is 5.54. The quantitative estimate of drug-likeness (QED) is 0.883. The van der Waals surface area contributed by atoms with Gasteiger partial charge in [-0.3, -0.25) is 4.79 Å². The fraction of sp³-hybridized carbons (Fsp3) is 0.600. The van der Waals surface area contributed by atoms with Gasteiger partial charge >= 0.3 is 0 Å². The van der Waals surface area contributed by atoms with E-state index in [4.69, 9.17) is 4.74 Å². The van der Waals surface area contributed by atoms with Crippen LogP contribution in [0, 0.1) is 0 Å². The van der Waals surface area contributed by atoms with Crippen molar-refractivity contribution < 1.29 is 9.53 Å². The molecule has 0 bridgehead atoms. The Balaban J connectivity index is 1.77. The molecule has 1 N–H and O–H groups in total. The molecule has 1 aliphatic heterocycles. The molecule has 2 aliphatic rings. The van der Waals surface area contributed by atoms with Gasteiger partial charge in [-0.1, -0.05) is 0 Å². The van der Waals surface area contributed by atoms with Crippen LogP contribution < -0.4 is 10.1 Å². The van der Waals surface area contributed by atoms with Gasteiger partial charge in [0, 0.05) is 24.8 Å². The molecular weight excluding hydrogens is 254 g/mol. The van der Waals surface area contributed by atoms with Gasteiger partial charge in [-0.25, -0.2) is 4.98 Å². The van der Waals surface area contributed by atoms with Crippen LogP contribution in [0.2, 0.25) is 0 Å². The highest BCUT2D eigenvalue weighted by molar-refractivity contribution is 5.96. The number of nitrogens with one attached hydrogen (secondary N) is 1. The Kier molecular flexibility index (Phi) is 3.87. The van der Waals surface area contributed by atoms with Gasteiger partial charge in [0.2, 0.25) is 5.88 Å². The average Bonchev–Trinajstić information content (AvgIpc) is 3.20. The van der Waals surface area contributed by atoms with E-state index in [1.54, 1.807) is 25.4 Å². The number of nitrogens with zero attached hydrogens (tertiary/aromatic N) is 2. The van der Waals surface area contributed by atoms with E-state index in [9.17, 15) is 4.79 Å². The van der Waals surface area contributed by atoms with Crippen molar-refractivity contribution in [3.8, 4) is 5.88 Å². The highest BCUT2D eigenvalue weighted by Gasteiger charge is 2.36. The Morgan fingerprint density at radius 1 is 1.50 bits per heavy atom. The van der Waals surface area contributed by atoms with E-state index in [-0.39, 0.29) is 5.91 Å². The molecule has 108 valence electrons. The van der Waals surface area contributed by atoms with Crippen LogP contribution in [0.4, 0.5) is 0 Å². The monoisotopic (exact) mass is 275 g/mol. The number of carbonyl (C=O) groups excluding carboxylic acids is 1. The summed E-state index contributed by atoms with van der Waals surface area (Å²) in [6.07, 6.45) is 6.23. The van der Waals surface area contributed by atoms with Gasteiger partial charge in [0.05, 0.1) is 7.11 Å². The van der Waals surface area contributed by atoms with Crippen LogP contribution >= 0.6 is 0 Å². The fourth-order valence-electron chi connectivity index (χ4n) is 2.80. The molecule has 5 nitrogen and oxygen atoms in total. The van der Waals surface area contributed by atoms with Crippen molar-refractivity contribution in [1.29, 1.82) is 0 Å². The molecule has 1 saturated heterocycles. The van der Waals surface area contributed by atoms with Crippen LogP contribution in [-0.2, 0) is 0 Å². The Morgan fingerprint density at radius 2 is 2.35 bits per heavy atom. The molecule has 1 atom stereocenters. The van der Waals surface area contributed by atoms with Crippen LogP contribution in [0.15, 0.2) is 18.3 Å². The van der Waals surface area contributed by atoms with Crippen molar-refractivity contribution in [2.75, 3.05) is 20.2 Å². The lowest BCUT2D eigenvalue weighted by atomic mass is 10.1. The Hall–Kier alpha value is -1.62. The molecule has 2 fully saturated rings. The zero-order valence-electron chi connectivity index (χ0n) is 11.8. The minimum atomic E-state index is 0.0474. The normalized spacial score (nSPS) is 21.8. The van der Waals surface area contributed by atoms with Crippen molar-refractivity contribution in [3.63, 3.8) is 0 Å². The van der Waals surface area contributed by atoms with Gasteiger partial charge in [0.25, 0.3) is 5.91 Å². The highest BCUT2D eigenvalue weighted by Crippen LogP contribution is 2.30.